The predicted molar refractivity (Wildman–Crippen MR) is 21.1 cm³/mol. The third-order valence-corrected chi connectivity index (χ3v) is 0. The van der Waals surface area contributed by atoms with E-state index < -0.39 is 49.9 Å². The number of halogens is 2. The topological polar surface area (TPSA) is 35.0 Å². The Labute approximate surface area is 66.9 Å². The Balaban J connectivity index is -0.00000000167. The summed E-state index contributed by atoms with van der Waals surface area (Å²) in [5, 5.41) is 0. The van der Waals surface area contributed by atoms with E-state index >= 15 is 0 Å². The molecule has 0 radical (unpaired) electrons. The van der Waals surface area contributed by atoms with Crippen LogP contribution in [0.3, 0.4) is 0 Å². The monoisotopic (exact) mass is 111 g/mol. The van der Waals surface area contributed by atoms with Crippen LogP contribution in [0.1, 0.15) is 7.43 Å². The van der Waals surface area contributed by atoms with Crippen molar-refractivity contribution < 1.29 is 4.49 Å². The molecule has 0 bridgehead atoms. The van der Waals surface area contributed by atoms with E-state index in [2.05, 4.69) is 0 Å². The molecule has 0 fully saturated rings. The minimum atomic E-state index is -0.438. The van der Waals surface area contributed by atoms with Gasteiger partial charge in [0.25, 0.3) is 0 Å². The number of rotatable bonds is 0. The van der Waals surface area contributed by atoms with Crippen molar-refractivity contribution in [2.24, 2.45) is 0 Å². The maximum atomic E-state index is 9.69. The molecule has 0 saturated carbocycles. The van der Waals surface area contributed by atoms with Crippen LogP contribution in [0.5, 0.6) is 0 Å². The predicted octanol–water partition coefficient (Wildman–Crippen LogP) is 0.990. The van der Waals surface area contributed by atoms with Crippen LogP contribution in [0.25, 0.3) is 0 Å². The first kappa shape index (κ1) is 31.9. The molecule has 4 heteroatoms. The van der Waals surface area contributed by atoms with E-state index in [1.165, 1.54) is 0 Å². The fourth-order valence-corrected chi connectivity index (χ4v) is 0. The van der Waals surface area contributed by atoms with Gasteiger partial charge in [-0.15, -0.1) is 0 Å². The summed E-state index contributed by atoms with van der Waals surface area (Å²) in [6.07, 6.45) is 0. The SMILES string of the molecule is C.F.N.[F][K]. The van der Waals surface area contributed by atoms with Gasteiger partial charge in [-0.3, -0.25) is 4.70 Å². The van der Waals surface area contributed by atoms with Gasteiger partial charge in [0.1, 0.15) is 0 Å². The third-order valence-electron chi connectivity index (χ3n) is 0. The first-order chi connectivity index (χ1) is 1.00. The molecule has 0 rings (SSSR count). The first-order valence-electron chi connectivity index (χ1n) is 0.378. The van der Waals surface area contributed by atoms with Crippen molar-refractivity contribution in [3.63, 3.8) is 0 Å². The van der Waals surface area contributed by atoms with Crippen molar-refractivity contribution in [1.82, 2.24) is 6.15 Å². The zero-order valence-corrected chi connectivity index (χ0v) is 5.62. The average molecular weight is 111 g/mol. The van der Waals surface area contributed by atoms with Gasteiger partial charge in [-0.2, -0.15) is 0 Å². The Morgan fingerprint density at radius 2 is 1.20 bits per heavy atom. The molecule has 0 saturated heterocycles. The summed E-state index contributed by atoms with van der Waals surface area (Å²) in [7, 11) is 0. The number of hydrogen-bond donors (Lipinski definition) is 1. The number of hydrogen-bond acceptors (Lipinski definition) is 1. The molecule has 0 heterocycles. The zero-order chi connectivity index (χ0) is 2.00. The van der Waals surface area contributed by atoms with Crippen LogP contribution < -0.4 is 6.15 Å². The second kappa shape index (κ2) is 51.1. The third kappa shape index (κ3) is 30.7. The normalized spacial score (nSPS) is 1.40. The molecule has 0 aliphatic heterocycles. The second-order valence-electron chi connectivity index (χ2n) is 0. The molecule has 0 atom stereocenters. The van der Waals surface area contributed by atoms with Crippen LogP contribution >= 0.6 is 0 Å². The van der Waals surface area contributed by atoms with Gasteiger partial charge >= 0.3 is 49.7 Å². The van der Waals surface area contributed by atoms with Gasteiger partial charge in [-0.05, 0) is 0 Å². The Hall–Kier alpha value is 1.46. The van der Waals surface area contributed by atoms with Crippen molar-refractivity contribution >= 4 is 49.9 Å². The Morgan fingerprint density at radius 3 is 1.20 bits per heavy atom. The van der Waals surface area contributed by atoms with Crippen molar-refractivity contribution in [3.8, 4) is 0 Å². The van der Waals surface area contributed by atoms with Gasteiger partial charge in [0.05, 0.1) is 0 Å². The maximum absolute atomic E-state index is 9.69. The molecule has 0 spiro atoms. The summed E-state index contributed by atoms with van der Waals surface area (Å²) < 4.78 is 9.69. The van der Waals surface area contributed by atoms with Crippen LogP contribution in [-0.4, -0.2) is 49.9 Å². The van der Waals surface area contributed by atoms with Crippen molar-refractivity contribution in [1.29, 1.82) is 0 Å². The van der Waals surface area contributed by atoms with Crippen LogP contribution in [0.4, 0.5) is 4.49 Å². The first-order valence-corrected chi connectivity index (χ1v) is 1.56. The zero-order valence-electron chi connectivity index (χ0n) is 2.49. The molecule has 0 aromatic carbocycles. The van der Waals surface area contributed by atoms with E-state index in [1.807, 2.05) is 0 Å². The van der Waals surface area contributed by atoms with E-state index in [-0.39, 0.29) is 18.3 Å². The van der Waals surface area contributed by atoms with E-state index in [0.717, 1.165) is 0 Å². The van der Waals surface area contributed by atoms with Crippen LogP contribution in [-0.2, 0) is 0 Å². The molecule has 1 nitrogen and oxygen atoms in total. The van der Waals surface area contributed by atoms with E-state index in [0.29, 0.717) is 0 Å². The average Bonchev–Trinajstić information content (AvgIpc) is 1.00. The Kier molecular flexibility index (Phi) is 326. The Morgan fingerprint density at radius 1 is 1.20 bits per heavy atom. The fourth-order valence-electron chi connectivity index (χ4n) is 0. The second-order valence-corrected chi connectivity index (χ2v) is 0. The fraction of sp³-hybridized carbons (Fsp3) is 1.00. The molecule has 3 N–H and O–H groups in total. The summed E-state index contributed by atoms with van der Waals surface area (Å²) in [5.74, 6) is 0. The summed E-state index contributed by atoms with van der Waals surface area (Å²) in [6, 6.07) is 0. The quantitative estimate of drug-likeness (QED) is 0.465. The molecule has 32 valence electrons. The van der Waals surface area contributed by atoms with E-state index in [4.69, 9.17) is 0 Å². The van der Waals surface area contributed by atoms with Gasteiger partial charge in [-0.1, -0.05) is 7.43 Å². The minimum absolute atomic E-state index is 0. The molecular formula is CH8F2KN. The van der Waals surface area contributed by atoms with Crippen molar-refractivity contribution in [3.05, 3.63) is 0 Å². The molecule has 0 unspecified atom stereocenters. The molecule has 0 aliphatic rings. The van der Waals surface area contributed by atoms with Crippen molar-refractivity contribution in [2.45, 2.75) is 7.43 Å². The summed E-state index contributed by atoms with van der Waals surface area (Å²) >= 11 is -0.438. The van der Waals surface area contributed by atoms with Crippen molar-refractivity contribution in [2.75, 3.05) is 0 Å². The van der Waals surface area contributed by atoms with E-state index in [9.17, 15) is -0.211 Å². The summed E-state index contributed by atoms with van der Waals surface area (Å²) in [4.78, 5) is 0. The standard InChI is InChI=1S/CH4.2FH.K.H3N/h1H4;2*1H;;1H3/q;;;+1;/p-1. The molecule has 0 aromatic rings. The summed E-state index contributed by atoms with van der Waals surface area (Å²) in [6.45, 7) is 0. The van der Waals surface area contributed by atoms with Crippen LogP contribution in [0, 0.1) is 0 Å². The Bertz CT molecular complexity index is 9.61. The molecule has 0 aromatic heterocycles. The van der Waals surface area contributed by atoms with Gasteiger partial charge in [0.15, 0.2) is 0 Å². The van der Waals surface area contributed by atoms with Crippen LogP contribution in [0.2, 0.25) is 0 Å². The van der Waals surface area contributed by atoms with E-state index in [1.54, 1.807) is 0 Å². The van der Waals surface area contributed by atoms with Gasteiger partial charge in [0, 0.05) is 0 Å². The molecule has 0 aliphatic carbocycles. The van der Waals surface area contributed by atoms with Gasteiger partial charge < -0.3 is 6.15 Å². The molecule has 0 amide bonds. The van der Waals surface area contributed by atoms with Crippen LogP contribution in [0.15, 0.2) is 0 Å². The van der Waals surface area contributed by atoms with Gasteiger partial charge in [0.2, 0.25) is 0 Å². The summed E-state index contributed by atoms with van der Waals surface area (Å²) in [5.41, 5.74) is 0. The molecular weight excluding hydrogens is 103 g/mol. The molecule has 5 heavy (non-hydrogen) atoms. The van der Waals surface area contributed by atoms with Gasteiger partial charge in [-0.25, -0.2) is 0 Å².